The highest BCUT2D eigenvalue weighted by molar-refractivity contribution is 5.37. The van der Waals surface area contributed by atoms with E-state index in [4.69, 9.17) is 0 Å². The zero-order chi connectivity index (χ0) is 19.1. The summed E-state index contributed by atoms with van der Waals surface area (Å²) in [5, 5.41) is 0. The fourth-order valence-electron chi connectivity index (χ4n) is 4.14. The number of aromatic nitrogens is 3. The van der Waals surface area contributed by atoms with Gasteiger partial charge >= 0.3 is 11.4 Å². The zero-order valence-electron chi connectivity index (χ0n) is 15.2. The number of allylic oxidation sites excluding steroid dienone is 6. The molecular weight excluding hydrogens is 350 g/mol. The predicted molar refractivity (Wildman–Crippen MR) is 109 cm³/mol. The Morgan fingerprint density at radius 3 is 2.18 bits per heavy atom. The molecule has 2 heterocycles. The number of para-hydroxylation sites is 1. The highest BCUT2D eigenvalue weighted by Gasteiger charge is 2.35. The lowest BCUT2D eigenvalue weighted by Gasteiger charge is -2.33. The lowest BCUT2D eigenvalue weighted by atomic mass is 9.90. The molecule has 0 spiro atoms. The molecule has 28 heavy (non-hydrogen) atoms. The maximum atomic E-state index is 13.5. The van der Waals surface area contributed by atoms with Crippen LogP contribution >= 0.6 is 0 Å². The van der Waals surface area contributed by atoms with Crippen molar-refractivity contribution in [2.75, 3.05) is 0 Å². The topological polar surface area (TPSA) is 48.9 Å². The Kier molecular flexibility index (Phi) is 3.86. The van der Waals surface area contributed by atoms with Gasteiger partial charge in [0.2, 0.25) is 0 Å². The Labute approximate surface area is 161 Å². The predicted octanol–water partition coefficient (Wildman–Crippen LogP) is 3.39. The average molecular weight is 369 g/mol. The molecule has 3 aromatic rings. The van der Waals surface area contributed by atoms with E-state index in [1.807, 2.05) is 72.8 Å². The van der Waals surface area contributed by atoms with Gasteiger partial charge in [0, 0.05) is 0 Å². The summed E-state index contributed by atoms with van der Waals surface area (Å²) in [6.07, 6.45) is 10.6. The fraction of sp³-hybridized carbons (Fsp3) is 0.130. The molecule has 2 aliphatic rings. The average Bonchev–Trinajstić information content (AvgIpc) is 2.98. The van der Waals surface area contributed by atoms with Crippen molar-refractivity contribution >= 4 is 0 Å². The van der Waals surface area contributed by atoms with E-state index in [0.29, 0.717) is 12.1 Å². The summed E-state index contributed by atoms with van der Waals surface area (Å²) in [6, 6.07) is 18.5. The largest absolute Gasteiger partial charge is 0.352 e. The highest BCUT2D eigenvalue weighted by atomic mass is 16.2. The van der Waals surface area contributed by atoms with Crippen LogP contribution in [0.3, 0.4) is 0 Å². The van der Waals surface area contributed by atoms with Crippen molar-refractivity contribution in [3.63, 3.8) is 0 Å². The van der Waals surface area contributed by atoms with Crippen LogP contribution in [0, 0.1) is 0 Å². The molecule has 2 bridgehead atoms. The van der Waals surface area contributed by atoms with Crippen LogP contribution in [0.1, 0.15) is 24.1 Å². The lowest BCUT2D eigenvalue weighted by Crippen LogP contribution is -2.39. The number of hydrogen-bond acceptors (Lipinski definition) is 2. The molecule has 0 unspecified atom stereocenters. The van der Waals surface area contributed by atoms with Crippen molar-refractivity contribution in [2.45, 2.75) is 18.5 Å². The van der Waals surface area contributed by atoms with Crippen molar-refractivity contribution in [2.24, 2.45) is 0 Å². The highest BCUT2D eigenvalue weighted by Crippen LogP contribution is 2.36. The fourth-order valence-corrected chi connectivity index (χ4v) is 4.14. The maximum absolute atomic E-state index is 13.5. The number of hydrogen-bond donors (Lipinski definition) is 0. The molecule has 2 atom stereocenters. The minimum Gasteiger partial charge on any atom is -0.245 e. The molecule has 0 saturated carbocycles. The zero-order valence-corrected chi connectivity index (χ0v) is 15.2. The number of fused-ring (bicyclic) bond motifs is 4. The summed E-state index contributed by atoms with van der Waals surface area (Å²) < 4.78 is 4.50. The van der Waals surface area contributed by atoms with E-state index in [-0.39, 0.29) is 23.5 Å². The molecule has 0 amide bonds. The third-order valence-corrected chi connectivity index (χ3v) is 5.36. The monoisotopic (exact) mass is 369 g/mol. The summed E-state index contributed by atoms with van der Waals surface area (Å²) in [6.45, 7) is 0. The molecule has 0 fully saturated rings. The summed E-state index contributed by atoms with van der Waals surface area (Å²) in [5.41, 5.74) is 2.06. The molecule has 0 saturated heterocycles. The number of benzene rings is 2. The Morgan fingerprint density at radius 2 is 1.43 bits per heavy atom. The van der Waals surface area contributed by atoms with E-state index in [1.165, 1.54) is 4.57 Å². The molecule has 138 valence electrons. The van der Waals surface area contributed by atoms with Crippen molar-refractivity contribution in [1.82, 2.24) is 13.9 Å². The lowest BCUT2D eigenvalue weighted by molar-refractivity contribution is 0.332. The van der Waals surface area contributed by atoms with Gasteiger partial charge in [0.25, 0.3) is 0 Å². The second kappa shape index (κ2) is 6.53. The second-order valence-corrected chi connectivity index (χ2v) is 7.02. The van der Waals surface area contributed by atoms with Crippen LogP contribution in [0.5, 0.6) is 0 Å². The first-order valence-electron chi connectivity index (χ1n) is 9.36. The number of rotatable bonds is 2. The number of nitrogens with zero attached hydrogens (tertiary/aromatic N) is 3. The van der Waals surface area contributed by atoms with Gasteiger partial charge in [0.05, 0.1) is 11.7 Å². The van der Waals surface area contributed by atoms with Crippen LogP contribution in [0.2, 0.25) is 0 Å². The minimum absolute atomic E-state index is 0.193. The Hall–Kier alpha value is -3.60. The van der Waals surface area contributed by atoms with Gasteiger partial charge in [-0.2, -0.15) is 0 Å². The molecule has 5 nitrogen and oxygen atoms in total. The van der Waals surface area contributed by atoms with Crippen LogP contribution in [0.25, 0.3) is 5.69 Å². The summed E-state index contributed by atoms with van der Waals surface area (Å²) in [7, 11) is 0. The Balaban J connectivity index is 1.85. The van der Waals surface area contributed by atoms with Crippen molar-refractivity contribution in [3.8, 4) is 5.69 Å². The van der Waals surface area contributed by atoms with Gasteiger partial charge in [-0.3, -0.25) is 0 Å². The minimum atomic E-state index is -0.321. The van der Waals surface area contributed by atoms with E-state index in [9.17, 15) is 9.59 Å². The first-order valence-corrected chi connectivity index (χ1v) is 9.36. The summed E-state index contributed by atoms with van der Waals surface area (Å²) in [4.78, 5) is 26.8. The maximum Gasteiger partial charge on any atom is 0.352 e. The van der Waals surface area contributed by atoms with Crippen LogP contribution < -0.4 is 11.4 Å². The van der Waals surface area contributed by atoms with Gasteiger partial charge in [-0.05, 0) is 29.7 Å². The van der Waals surface area contributed by atoms with Crippen LogP contribution in [-0.2, 0) is 0 Å². The molecule has 1 aliphatic carbocycles. The first-order chi connectivity index (χ1) is 13.8. The summed E-state index contributed by atoms with van der Waals surface area (Å²) >= 11 is 0. The van der Waals surface area contributed by atoms with Crippen LogP contribution in [-0.4, -0.2) is 13.9 Å². The molecule has 5 rings (SSSR count). The third kappa shape index (κ3) is 2.47. The van der Waals surface area contributed by atoms with Gasteiger partial charge in [-0.25, -0.2) is 23.5 Å². The molecule has 5 heteroatoms. The Morgan fingerprint density at radius 1 is 0.750 bits per heavy atom. The molecule has 1 aromatic heterocycles. The third-order valence-electron chi connectivity index (χ3n) is 5.36. The van der Waals surface area contributed by atoms with Crippen molar-refractivity contribution in [1.29, 1.82) is 0 Å². The van der Waals surface area contributed by atoms with E-state index in [2.05, 4.69) is 6.08 Å². The first kappa shape index (κ1) is 16.6. The quantitative estimate of drug-likeness (QED) is 0.695. The molecule has 1 aliphatic heterocycles. The van der Waals surface area contributed by atoms with Gasteiger partial charge in [-0.1, -0.05) is 78.9 Å². The van der Waals surface area contributed by atoms with Crippen molar-refractivity contribution < 1.29 is 0 Å². The van der Waals surface area contributed by atoms with Crippen LogP contribution in [0.4, 0.5) is 0 Å². The van der Waals surface area contributed by atoms with Crippen molar-refractivity contribution in [3.05, 3.63) is 123 Å². The molecular formula is C23H19N3O2. The second-order valence-electron chi connectivity index (χ2n) is 7.02. The normalized spacial score (nSPS) is 24.4. The van der Waals surface area contributed by atoms with E-state index >= 15 is 0 Å². The van der Waals surface area contributed by atoms with Gasteiger partial charge in [0.15, 0.2) is 0 Å². The molecule has 0 N–H and O–H groups in total. The molecule has 0 radical (unpaired) electrons. The van der Waals surface area contributed by atoms with E-state index < -0.39 is 0 Å². The van der Waals surface area contributed by atoms with Crippen LogP contribution in [0.15, 0.2) is 106 Å². The summed E-state index contributed by atoms with van der Waals surface area (Å²) in [5.74, 6) is 0. The smallest absolute Gasteiger partial charge is 0.245 e. The molecule has 2 aromatic carbocycles. The van der Waals surface area contributed by atoms with E-state index in [0.717, 1.165) is 11.1 Å². The standard InChI is InChI=1S/C23H19N3O2/c27-22-24(19-13-7-3-8-14-19)23(28)26-21(17-10-4-1-5-11-17)18-12-6-2-9-15-20(16-18)25(22)26/h1-15,20-21H,16H2/b6-2-,15-9-,18-12+/t20-,21+/m1/s1. The Bertz CT molecular complexity index is 1220. The van der Waals surface area contributed by atoms with Gasteiger partial charge in [0.1, 0.15) is 6.04 Å². The SMILES string of the molecule is O=c1n(-c2ccccc2)c(=O)n2n1[C@@H]1\C=C/C=C\C=C(/C1)[C@@H]2c1ccccc1. The van der Waals surface area contributed by atoms with Gasteiger partial charge < -0.3 is 0 Å². The van der Waals surface area contributed by atoms with Gasteiger partial charge in [-0.15, -0.1) is 0 Å². The van der Waals surface area contributed by atoms with E-state index in [1.54, 1.807) is 21.5 Å².